The smallest absolute Gasteiger partial charge is 0.0541 e. The van der Waals surface area contributed by atoms with Gasteiger partial charge in [0.15, 0.2) is 0 Å². The summed E-state index contributed by atoms with van der Waals surface area (Å²) >= 11 is 3.53. The third kappa shape index (κ3) is 2.76. The second-order valence-corrected chi connectivity index (χ2v) is 8.54. The van der Waals surface area contributed by atoms with Crippen molar-refractivity contribution in [1.82, 2.24) is 4.57 Å². The molecule has 0 spiro atoms. The van der Waals surface area contributed by atoms with Crippen molar-refractivity contribution in [2.24, 2.45) is 0 Å². The Labute approximate surface area is 183 Å². The molecule has 0 aliphatic carbocycles. The van der Waals surface area contributed by atoms with Crippen LogP contribution in [0.25, 0.3) is 49.4 Å². The number of hydrogen-bond acceptors (Lipinski definition) is 0. The Hall–Kier alpha value is -3.36. The highest BCUT2D eigenvalue weighted by Crippen LogP contribution is 2.35. The van der Waals surface area contributed by atoms with Crippen molar-refractivity contribution >= 4 is 48.5 Å². The van der Waals surface area contributed by atoms with E-state index < -0.39 is 0 Å². The van der Waals surface area contributed by atoms with E-state index in [4.69, 9.17) is 0 Å². The molecule has 0 unspecified atom stereocenters. The predicted octanol–water partition coefficient (Wildman–Crippen LogP) is 8.37. The highest BCUT2D eigenvalue weighted by atomic mass is 79.9. The third-order valence-electron chi connectivity index (χ3n) is 5.84. The Morgan fingerprint density at radius 2 is 1.20 bits per heavy atom. The van der Waals surface area contributed by atoms with E-state index in [1.807, 2.05) is 0 Å². The van der Waals surface area contributed by atoms with Crippen molar-refractivity contribution in [3.8, 4) is 16.8 Å². The lowest BCUT2D eigenvalue weighted by Crippen LogP contribution is -1.93. The predicted molar refractivity (Wildman–Crippen MR) is 131 cm³/mol. The molecule has 6 rings (SSSR count). The van der Waals surface area contributed by atoms with E-state index in [1.54, 1.807) is 0 Å². The summed E-state index contributed by atoms with van der Waals surface area (Å²) in [4.78, 5) is 0. The van der Waals surface area contributed by atoms with Crippen molar-refractivity contribution in [1.29, 1.82) is 0 Å². The second-order valence-electron chi connectivity index (χ2n) is 7.62. The molecule has 5 aromatic carbocycles. The Morgan fingerprint density at radius 3 is 2.07 bits per heavy atom. The van der Waals surface area contributed by atoms with Gasteiger partial charge in [0.2, 0.25) is 0 Å². The lowest BCUT2D eigenvalue weighted by atomic mass is 10.0. The van der Waals surface area contributed by atoms with Gasteiger partial charge in [-0.15, -0.1) is 0 Å². The third-order valence-corrected chi connectivity index (χ3v) is 6.37. The number of rotatable bonds is 2. The van der Waals surface area contributed by atoms with Crippen molar-refractivity contribution in [3.63, 3.8) is 0 Å². The van der Waals surface area contributed by atoms with Crippen LogP contribution in [-0.4, -0.2) is 4.57 Å². The molecule has 2 heteroatoms. The summed E-state index contributed by atoms with van der Waals surface area (Å²) in [6.45, 7) is 0. The average Bonchev–Trinajstić information content (AvgIpc) is 3.13. The first-order valence-electron chi connectivity index (χ1n) is 10.1. The van der Waals surface area contributed by atoms with Crippen LogP contribution in [0.3, 0.4) is 0 Å². The van der Waals surface area contributed by atoms with Crippen LogP contribution in [0.5, 0.6) is 0 Å². The van der Waals surface area contributed by atoms with E-state index in [9.17, 15) is 0 Å². The lowest BCUT2D eigenvalue weighted by Gasteiger charge is -2.10. The summed E-state index contributed by atoms with van der Waals surface area (Å²) in [5, 5.41) is 5.07. The number of halogens is 1. The molecule has 1 aromatic heterocycles. The highest BCUT2D eigenvalue weighted by Gasteiger charge is 2.13. The summed E-state index contributed by atoms with van der Waals surface area (Å²) in [5.41, 5.74) is 6.11. The minimum atomic E-state index is 1.10. The molecule has 142 valence electrons. The van der Waals surface area contributed by atoms with Gasteiger partial charge in [-0.2, -0.15) is 0 Å². The van der Waals surface area contributed by atoms with Gasteiger partial charge in [0.25, 0.3) is 0 Å². The zero-order valence-corrected chi connectivity index (χ0v) is 17.8. The van der Waals surface area contributed by atoms with Crippen LogP contribution in [-0.2, 0) is 0 Å². The summed E-state index contributed by atoms with van der Waals surface area (Å²) in [6, 6.07) is 39.2. The molecule has 0 atom stereocenters. The maximum absolute atomic E-state index is 3.53. The Morgan fingerprint density at radius 1 is 0.500 bits per heavy atom. The van der Waals surface area contributed by atoms with E-state index in [0.717, 1.165) is 4.47 Å². The van der Waals surface area contributed by atoms with Crippen LogP contribution in [0, 0.1) is 0 Å². The fourth-order valence-corrected chi connectivity index (χ4v) is 4.65. The second kappa shape index (κ2) is 6.86. The highest BCUT2D eigenvalue weighted by molar-refractivity contribution is 9.10. The van der Waals surface area contributed by atoms with E-state index in [-0.39, 0.29) is 0 Å². The molecule has 0 N–H and O–H groups in total. The SMILES string of the molecule is Brc1ccc(-c2ccc3c(c2)c2ccccc2n3-c2ccc3ccccc3c2)cc1. The van der Waals surface area contributed by atoms with Gasteiger partial charge >= 0.3 is 0 Å². The Kier molecular flexibility index (Phi) is 4.00. The molecule has 1 nitrogen and oxygen atoms in total. The maximum Gasteiger partial charge on any atom is 0.0541 e. The monoisotopic (exact) mass is 447 g/mol. The van der Waals surface area contributed by atoms with Crippen molar-refractivity contribution in [3.05, 3.63) is 114 Å². The number of hydrogen-bond donors (Lipinski definition) is 0. The number of nitrogens with zero attached hydrogens (tertiary/aromatic N) is 1. The first kappa shape index (κ1) is 17.5. The Bertz CT molecular complexity index is 1540. The number of fused-ring (bicyclic) bond motifs is 4. The van der Waals surface area contributed by atoms with Gasteiger partial charge in [0, 0.05) is 20.9 Å². The van der Waals surface area contributed by atoms with E-state index in [0.29, 0.717) is 0 Å². The van der Waals surface area contributed by atoms with Gasteiger partial charge in [-0.05, 0) is 64.4 Å². The van der Waals surface area contributed by atoms with Gasteiger partial charge in [-0.25, -0.2) is 0 Å². The van der Waals surface area contributed by atoms with E-state index >= 15 is 0 Å². The molecule has 0 aliphatic heterocycles. The minimum Gasteiger partial charge on any atom is -0.309 e. The van der Waals surface area contributed by atoms with Gasteiger partial charge in [-0.3, -0.25) is 0 Å². The van der Waals surface area contributed by atoms with E-state index in [1.165, 1.54) is 49.4 Å². The first-order chi connectivity index (χ1) is 14.8. The molecule has 0 fully saturated rings. The molecule has 0 aliphatic rings. The molecule has 0 saturated carbocycles. The first-order valence-corrected chi connectivity index (χ1v) is 10.9. The van der Waals surface area contributed by atoms with Crippen LogP contribution in [0.4, 0.5) is 0 Å². The minimum absolute atomic E-state index is 1.10. The molecule has 30 heavy (non-hydrogen) atoms. The zero-order valence-electron chi connectivity index (χ0n) is 16.2. The summed E-state index contributed by atoms with van der Waals surface area (Å²) in [7, 11) is 0. The fraction of sp³-hybridized carbons (Fsp3) is 0. The zero-order chi connectivity index (χ0) is 20.1. The quantitative estimate of drug-likeness (QED) is 0.251. The molecule has 0 saturated heterocycles. The van der Waals surface area contributed by atoms with E-state index in [2.05, 4.69) is 130 Å². The molecule has 0 amide bonds. The van der Waals surface area contributed by atoms with Crippen molar-refractivity contribution in [2.75, 3.05) is 0 Å². The summed E-state index contributed by atoms with van der Waals surface area (Å²) < 4.78 is 3.47. The molecular weight excluding hydrogens is 430 g/mol. The van der Waals surface area contributed by atoms with Crippen LogP contribution in [0.1, 0.15) is 0 Å². The number of benzene rings is 5. The largest absolute Gasteiger partial charge is 0.309 e. The Balaban J connectivity index is 1.64. The molecule has 0 bridgehead atoms. The van der Waals surface area contributed by atoms with Crippen LogP contribution >= 0.6 is 15.9 Å². The molecule has 0 radical (unpaired) electrons. The van der Waals surface area contributed by atoms with Gasteiger partial charge in [0.05, 0.1) is 11.0 Å². The van der Waals surface area contributed by atoms with Crippen molar-refractivity contribution < 1.29 is 0 Å². The van der Waals surface area contributed by atoms with Crippen LogP contribution in [0.15, 0.2) is 114 Å². The summed E-state index contributed by atoms with van der Waals surface area (Å²) in [6.07, 6.45) is 0. The topological polar surface area (TPSA) is 4.93 Å². The average molecular weight is 448 g/mol. The van der Waals surface area contributed by atoms with Crippen LogP contribution in [0.2, 0.25) is 0 Å². The molecule has 6 aromatic rings. The molecular formula is C28H18BrN. The number of para-hydroxylation sites is 1. The number of aromatic nitrogens is 1. The summed E-state index contributed by atoms with van der Waals surface area (Å²) in [5.74, 6) is 0. The normalized spacial score (nSPS) is 11.5. The fourth-order valence-electron chi connectivity index (χ4n) is 4.39. The van der Waals surface area contributed by atoms with Gasteiger partial charge in [-0.1, -0.05) is 82.7 Å². The maximum atomic E-state index is 3.53. The molecule has 1 heterocycles. The van der Waals surface area contributed by atoms with Crippen LogP contribution < -0.4 is 0 Å². The van der Waals surface area contributed by atoms with Crippen molar-refractivity contribution in [2.45, 2.75) is 0 Å². The standard InChI is InChI=1S/C28H18BrN/c29-23-13-9-20(10-14-23)22-12-16-28-26(18-22)25-7-3-4-8-27(25)30(28)24-15-11-19-5-1-2-6-21(19)17-24/h1-18H. The van der Waals surface area contributed by atoms with Gasteiger partial charge in [0.1, 0.15) is 0 Å². The lowest BCUT2D eigenvalue weighted by molar-refractivity contribution is 1.19. The van der Waals surface area contributed by atoms with Gasteiger partial charge < -0.3 is 4.57 Å².